The van der Waals surface area contributed by atoms with Crippen molar-refractivity contribution in [3.8, 4) is 0 Å². The van der Waals surface area contributed by atoms with Crippen LogP contribution in [0.25, 0.3) is 0 Å². The molecule has 3 heteroatoms. The number of fused-ring (bicyclic) bond motifs is 2. The van der Waals surface area contributed by atoms with Crippen molar-refractivity contribution in [1.82, 2.24) is 10.3 Å². The zero-order valence-electron chi connectivity index (χ0n) is 8.62. The van der Waals surface area contributed by atoms with E-state index in [9.17, 15) is 0 Å². The Morgan fingerprint density at radius 1 is 1.20 bits per heavy atom. The molecule has 1 aromatic rings. The van der Waals surface area contributed by atoms with Gasteiger partial charge in [0.05, 0.1) is 0 Å². The molecule has 15 heavy (non-hydrogen) atoms. The molecule has 2 aliphatic heterocycles. The van der Waals surface area contributed by atoms with Crippen molar-refractivity contribution in [3.05, 3.63) is 29.0 Å². The Morgan fingerprint density at radius 2 is 1.93 bits per heavy atom. The number of hydrogen-bond acceptors (Lipinski definition) is 2. The van der Waals surface area contributed by atoms with Crippen molar-refractivity contribution in [2.24, 2.45) is 0 Å². The number of nitrogens with zero attached hydrogens (tertiary/aromatic N) is 1. The molecule has 0 radical (unpaired) electrons. The van der Waals surface area contributed by atoms with E-state index in [1.165, 1.54) is 31.2 Å². The van der Waals surface area contributed by atoms with E-state index in [0.29, 0.717) is 11.1 Å². The van der Waals surface area contributed by atoms with Gasteiger partial charge in [-0.15, -0.1) is 0 Å². The zero-order valence-corrected chi connectivity index (χ0v) is 9.37. The number of nitrogens with one attached hydrogen (secondary N) is 1. The number of pyridine rings is 1. The molecule has 0 saturated carbocycles. The van der Waals surface area contributed by atoms with E-state index < -0.39 is 0 Å². The van der Waals surface area contributed by atoms with Gasteiger partial charge in [0.2, 0.25) is 0 Å². The lowest BCUT2D eigenvalue weighted by Gasteiger charge is -2.29. The molecule has 0 spiro atoms. The summed E-state index contributed by atoms with van der Waals surface area (Å²) in [7, 11) is 0. The van der Waals surface area contributed by atoms with E-state index in [1.54, 1.807) is 0 Å². The Bertz CT molecular complexity index is 337. The molecule has 2 saturated heterocycles. The van der Waals surface area contributed by atoms with E-state index in [0.717, 1.165) is 12.1 Å². The van der Waals surface area contributed by atoms with Crippen LogP contribution in [-0.2, 0) is 0 Å². The highest BCUT2D eigenvalue weighted by Gasteiger charge is 2.33. The maximum Gasteiger partial charge on any atom is 0.129 e. The molecule has 2 bridgehead atoms. The van der Waals surface area contributed by atoms with Crippen LogP contribution in [0.15, 0.2) is 18.3 Å². The lowest BCUT2D eigenvalue weighted by molar-refractivity contribution is 0.363. The molecular weight excluding hydrogens is 208 g/mol. The average Bonchev–Trinajstić information content (AvgIpc) is 2.59. The van der Waals surface area contributed by atoms with Crippen molar-refractivity contribution in [2.75, 3.05) is 0 Å². The molecule has 0 aliphatic carbocycles. The lowest BCUT2D eigenvalue weighted by atomic mass is 9.87. The van der Waals surface area contributed by atoms with Crippen LogP contribution >= 0.6 is 11.6 Å². The highest BCUT2D eigenvalue weighted by Crippen LogP contribution is 2.36. The second-order valence-corrected chi connectivity index (χ2v) is 5.11. The van der Waals surface area contributed by atoms with Crippen LogP contribution in [0.3, 0.4) is 0 Å². The van der Waals surface area contributed by atoms with Gasteiger partial charge in [-0.25, -0.2) is 4.98 Å². The molecule has 80 valence electrons. The standard InChI is InChI=1S/C12H15ClN2/c13-12-4-1-8(7-14-12)9-5-10-2-3-11(6-9)15-10/h1,4,7,9-11,15H,2-3,5-6H2/t9?,10-,11+. The topological polar surface area (TPSA) is 24.9 Å². The minimum atomic E-state index is 0.593. The minimum Gasteiger partial charge on any atom is -0.311 e. The van der Waals surface area contributed by atoms with E-state index >= 15 is 0 Å². The minimum absolute atomic E-state index is 0.593. The first-order chi connectivity index (χ1) is 7.31. The van der Waals surface area contributed by atoms with Gasteiger partial charge in [0.1, 0.15) is 5.15 Å². The van der Waals surface area contributed by atoms with Crippen molar-refractivity contribution in [2.45, 2.75) is 43.7 Å². The molecule has 3 heterocycles. The van der Waals surface area contributed by atoms with Gasteiger partial charge in [-0.05, 0) is 43.2 Å². The third-order valence-corrected chi connectivity index (χ3v) is 3.92. The first-order valence-electron chi connectivity index (χ1n) is 5.69. The molecule has 3 rings (SSSR count). The first-order valence-corrected chi connectivity index (χ1v) is 6.06. The normalized spacial score (nSPS) is 34.3. The van der Waals surface area contributed by atoms with Gasteiger partial charge in [0.25, 0.3) is 0 Å². The van der Waals surface area contributed by atoms with Crippen molar-refractivity contribution >= 4 is 11.6 Å². The van der Waals surface area contributed by atoms with Crippen LogP contribution in [0.4, 0.5) is 0 Å². The fraction of sp³-hybridized carbons (Fsp3) is 0.583. The maximum atomic E-state index is 5.80. The second-order valence-electron chi connectivity index (χ2n) is 4.72. The number of piperidine rings is 1. The number of aromatic nitrogens is 1. The van der Waals surface area contributed by atoms with Crippen LogP contribution in [-0.4, -0.2) is 17.1 Å². The van der Waals surface area contributed by atoms with Crippen LogP contribution in [0, 0.1) is 0 Å². The fourth-order valence-corrected chi connectivity index (χ4v) is 3.07. The Hall–Kier alpha value is -0.600. The summed E-state index contributed by atoms with van der Waals surface area (Å²) < 4.78 is 0. The maximum absolute atomic E-state index is 5.80. The van der Waals surface area contributed by atoms with E-state index in [-0.39, 0.29) is 0 Å². The van der Waals surface area contributed by atoms with Gasteiger partial charge >= 0.3 is 0 Å². The number of hydrogen-bond donors (Lipinski definition) is 1. The molecule has 2 fully saturated rings. The van der Waals surface area contributed by atoms with Crippen molar-refractivity contribution in [1.29, 1.82) is 0 Å². The molecule has 3 atom stereocenters. The molecular formula is C12H15ClN2. The van der Waals surface area contributed by atoms with Gasteiger partial charge in [0.15, 0.2) is 0 Å². The van der Waals surface area contributed by atoms with Gasteiger partial charge in [0, 0.05) is 18.3 Å². The SMILES string of the molecule is Clc1ccc(C2C[C@H]3CC[C@@H](C2)N3)cn1. The summed E-state index contributed by atoms with van der Waals surface area (Å²) in [4.78, 5) is 4.17. The average molecular weight is 223 g/mol. The summed E-state index contributed by atoms with van der Waals surface area (Å²) in [5.41, 5.74) is 1.36. The van der Waals surface area contributed by atoms with Gasteiger partial charge in [-0.2, -0.15) is 0 Å². The largest absolute Gasteiger partial charge is 0.311 e. The van der Waals surface area contributed by atoms with E-state index in [2.05, 4.69) is 16.4 Å². The Kier molecular flexibility index (Phi) is 2.41. The molecule has 1 N–H and O–H groups in total. The van der Waals surface area contributed by atoms with Crippen LogP contribution in [0.2, 0.25) is 5.15 Å². The predicted molar refractivity (Wildman–Crippen MR) is 61.2 cm³/mol. The summed E-state index contributed by atoms with van der Waals surface area (Å²) in [6, 6.07) is 5.51. The second kappa shape index (κ2) is 3.76. The molecule has 0 amide bonds. The summed E-state index contributed by atoms with van der Waals surface area (Å²) in [5, 5.41) is 4.25. The van der Waals surface area contributed by atoms with Gasteiger partial charge in [-0.1, -0.05) is 17.7 Å². The Labute approximate surface area is 95.0 Å². The van der Waals surface area contributed by atoms with Crippen LogP contribution in [0.5, 0.6) is 0 Å². The monoisotopic (exact) mass is 222 g/mol. The summed E-state index contributed by atoms with van der Waals surface area (Å²) >= 11 is 5.80. The molecule has 2 nitrogen and oxygen atoms in total. The molecule has 2 aliphatic rings. The Morgan fingerprint density at radius 3 is 2.53 bits per heavy atom. The van der Waals surface area contributed by atoms with Crippen LogP contribution < -0.4 is 5.32 Å². The van der Waals surface area contributed by atoms with Crippen molar-refractivity contribution < 1.29 is 0 Å². The third kappa shape index (κ3) is 1.88. The summed E-state index contributed by atoms with van der Waals surface area (Å²) in [5.74, 6) is 0.688. The molecule has 1 aromatic heterocycles. The highest BCUT2D eigenvalue weighted by atomic mass is 35.5. The molecule has 0 aromatic carbocycles. The fourth-order valence-electron chi connectivity index (χ4n) is 2.96. The van der Waals surface area contributed by atoms with Crippen LogP contribution in [0.1, 0.15) is 37.2 Å². The number of halogens is 1. The summed E-state index contributed by atoms with van der Waals surface area (Å²) in [6.45, 7) is 0. The van der Waals surface area contributed by atoms with Gasteiger partial charge < -0.3 is 5.32 Å². The van der Waals surface area contributed by atoms with Crippen molar-refractivity contribution in [3.63, 3.8) is 0 Å². The van der Waals surface area contributed by atoms with Gasteiger partial charge in [-0.3, -0.25) is 0 Å². The zero-order chi connectivity index (χ0) is 10.3. The number of rotatable bonds is 1. The molecule has 1 unspecified atom stereocenters. The van der Waals surface area contributed by atoms with E-state index in [1.807, 2.05) is 12.3 Å². The highest BCUT2D eigenvalue weighted by molar-refractivity contribution is 6.29. The smallest absolute Gasteiger partial charge is 0.129 e. The summed E-state index contributed by atoms with van der Waals surface area (Å²) in [6.07, 6.45) is 7.17. The predicted octanol–water partition coefficient (Wildman–Crippen LogP) is 2.73. The first kappa shape index (κ1) is 9.61. The lowest BCUT2D eigenvalue weighted by Crippen LogP contribution is -2.37. The third-order valence-electron chi connectivity index (χ3n) is 3.69. The van der Waals surface area contributed by atoms with E-state index in [4.69, 9.17) is 11.6 Å². The quantitative estimate of drug-likeness (QED) is 0.740. The Balaban J connectivity index is 1.80.